The zero-order chi connectivity index (χ0) is 15.0. The van der Waals surface area contributed by atoms with Gasteiger partial charge in [-0.25, -0.2) is 0 Å². The van der Waals surface area contributed by atoms with Crippen LogP contribution in [-0.4, -0.2) is 45.5 Å². The van der Waals surface area contributed by atoms with Crippen LogP contribution in [0.4, 0.5) is 0 Å². The van der Waals surface area contributed by atoms with Crippen LogP contribution in [0.5, 0.6) is 0 Å². The van der Waals surface area contributed by atoms with Gasteiger partial charge in [0.15, 0.2) is 11.5 Å². The molecule has 2 aromatic rings. The van der Waals surface area contributed by atoms with Crippen LogP contribution in [0.3, 0.4) is 0 Å². The van der Waals surface area contributed by atoms with E-state index in [9.17, 15) is 9.59 Å². The van der Waals surface area contributed by atoms with Crippen LogP contribution in [0.25, 0.3) is 11.5 Å². The smallest absolute Gasteiger partial charge is 0.275 e. The lowest BCUT2D eigenvalue weighted by molar-refractivity contribution is -0.133. The molecule has 2 amide bonds. The number of nitrogens with zero attached hydrogens (tertiary/aromatic N) is 2. The normalized spacial score (nSPS) is 17.6. The zero-order valence-electron chi connectivity index (χ0n) is 11.8. The molecule has 0 atom stereocenters. The summed E-state index contributed by atoms with van der Waals surface area (Å²) in [6.45, 7) is 4.35. The van der Waals surface area contributed by atoms with Gasteiger partial charge in [-0.2, -0.15) is 5.10 Å². The highest BCUT2D eigenvalue weighted by molar-refractivity contribution is 5.99. The molecule has 7 nitrogen and oxygen atoms in total. The largest absolute Gasteiger partial charge is 0.463 e. The summed E-state index contributed by atoms with van der Waals surface area (Å²) in [4.78, 5) is 26.0. The van der Waals surface area contributed by atoms with E-state index in [1.807, 2.05) is 0 Å². The van der Waals surface area contributed by atoms with Crippen LogP contribution in [0.15, 0.2) is 28.9 Å². The Morgan fingerprint density at radius 3 is 3.00 bits per heavy atom. The molecule has 1 fully saturated rings. The first-order chi connectivity index (χ1) is 10.00. The molecule has 21 heavy (non-hydrogen) atoms. The minimum Gasteiger partial charge on any atom is -0.463 e. The molecule has 0 radical (unpaired) electrons. The fourth-order valence-corrected chi connectivity index (χ4v) is 2.38. The number of H-pyrrole nitrogens is 1. The van der Waals surface area contributed by atoms with E-state index in [0.717, 1.165) is 0 Å². The first-order valence-corrected chi connectivity index (χ1v) is 6.69. The van der Waals surface area contributed by atoms with Crippen molar-refractivity contribution in [1.82, 2.24) is 20.4 Å². The van der Waals surface area contributed by atoms with Crippen molar-refractivity contribution in [2.24, 2.45) is 0 Å². The number of furan rings is 1. The van der Waals surface area contributed by atoms with Gasteiger partial charge in [-0.15, -0.1) is 0 Å². The van der Waals surface area contributed by atoms with E-state index in [1.54, 1.807) is 38.3 Å². The SMILES string of the molecule is CC1(C)C(=O)NCCN1C(=O)c1cc(-c2ccco2)[nH]n1. The molecule has 3 heterocycles. The van der Waals surface area contributed by atoms with E-state index >= 15 is 0 Å². The summed E-state index contributed by atoms with van der Waals surface area (Å²) in [6, 6.07) is 5.17. The van der Waals surface area contributed by atoms with Crippen LogP contribution in [0.2, 0.25) is 0 Å². The second kappa shape index (κ2) is 4.76. The van der Waals surface area contributed by atoms with Crippen LogP contribution in [-0.2, 0) is 4.79 Å². The molecule has 1 aliphatic heterocycles. The van der Waals surface area contributed by atoms with E-state index in [-0.39, 0.29) is 17.5 Å². The Bertz CT molecular complexity index is 672. The summed E-state index contributed by atoms with van der Waals surface area (Å²) >= 11 is 0. The molecular weight excluding hydrogens is 272 g/mol. The predicted molar refractivity (Wildman–Crippen MR) is 74.4 cm³/mol. The molecule has 1 saturated heterocycles. The van der Waals surface area contributed by atoms with Crippen molar-refractivity contribution in [3.05, 3.63) is 30.2 Å². The molecule has 0 saturated carbocycles. The number of carbonyl (C=O) groups excluding carboxylic acids is 2. The molecule has 0 unspecified atom stereocenters. The topological polar surface area (TPSA) is 91.2 Å². The van der Waals surface area contributed by atoms with Crippen molar-refractivity contribution in [2.45, 2.75) is 19.4 Å². The summed E-state index contributed by atoms with van der Waals surface area (Å²) in [6.07, 6.45) is 1.55. The van der Waals surface area contributed by atoms with Crippen molar-refractivity contribution in [3.63, 3.8) is 0 Å². The molecule has 110 valence electrons. The fraction of sp³-hybridized carbons (Fsp3) is 0.357. The van der Waals surface area contributed by atoms with Crippen molar-refractivity contribution in [1.29, 1.82) is 0 Å². The first-order valence-electron chi connectivity index (χ1n) is 6.69. The molecule has 7 heteroatoms. The van der Waals surface area contributed by atoms with Gasteiger partial charge in [0.2, 0.25) is 5.91 Å². The Balaban J connectivity index is 1.87. The van der Waals surface area contributed by atoms with Crippen LogP contribution >= 0.6 is 0 Å². The highest BCUT2D eigenvalue weighted by Crippen LogP contribution is 2.22. The maximum Gasteiger partial charge on any atom is 0.275 e. The van der Waals surface area contributed by atoms with Gasteiger partial charge in [0, 0.05) is 19.2 Å². The lowest BCUT2D eigenvalue weighted by atomic mass is 9.98. The van der Waals surface area contributed by atoms with Crippen molar-refractivity contribution in [3.8, 4) is 11.5 Å². The molecule has 3 rings (SSSR count). The number of aromatic nitrogens is 2. The van der Waals surface area contributed by atoms with Gasteiger partial charge >= 0.3 is 0 Å². The van der Waals surface area contributed by atoms with E-state index < -0.39 is 5.54 Å². The van der Waals surface area contributed by atoms with Gasteiger partial charge in [-0.05, 0) is 26.0 Å². The highest BCUT2D eigenvalue weighted by Gasteiger charge is 2.41. The molecule has 1 aliphatic rings. The number of hydrogen-bond acceptors (Lipinski definition) is 4. The lowest BCUT2D eigenvalue weighted by Crippen LogP contribution is -2.63. The third-order valence-corrected chi connectivity index (χ3v) is 3.68. The highest BCUT2D eigenvalue weighted by atomic mass is 16.3. The molecule has 0 bridgehead atoms. The summed E-state index contributed by atoms with van der Waals surface area (Å²) in [7, 11) is 0. The third-order valence-electron chi connectivity index (χ3n) is 3.68. The second-order valence-corrected chi connectivity index (χ2v) is 5.42. The minimum absolute atomic E-state index is 0.163. The van der Waals surface area contributed by atoms with Crippen LogP contribution in [0, 0.1) is 0 Å². The van der Waals surface area contributed by atoms with Crippen LogP contribution < -0.4 is 5.32 Å². The third kappa shape index (κ3) is 2.20. The van der Waals surface area contributed by atoms with Crippen molar-refractivity contribution < 1.29 is 14.0 Å². The zero-order valence-corrected chi connectivity index (χ0v) is 11.8. The number of hydrogen-bond donors (Lipinski definition) is 2. The van der Waals surface area contributed by atoms with Crippen LogP contribution in [0.1, 0.15) is 24.3 Å². The number of rotatable bonds is 2. The van der Waals surface area contributed by atoms with Gasteiger partial charge in [-0.3, -0.25) is 14.7 Å². The molecule has 2 N–H and O–H groups in total. The maximum absolute atomic E-state index is 12.6. The predicted octanol–water partition coefficient (Wildman–Crippen LogP) is 1.02. The first kappa shape index (κ1) is 13.4. The summed E-state index contributed by atoms with van der Waals surface area (Å²) in [5.74, 6) is 0.171. The lowest BCUT2D eigenvalue weighted by Gasteiger charge is -2.40. The van der Waals surface area contributed by atoms with E-state index in [4.69, 9.17) is 4.42 Å². The molecular formula is C14H16N4O3. The number of piperazine rings is 1. The quantitative estimate of drug-likeness (QED) is 0.863. The number of nitrogens with one attached hydrogen (secondary N) is 2. The average Bonchev–Trinajstić information content (AvgIpc) is 3.10. The van der Waals surface area contributed by atoms with Gasteiger partial charge in [0.1, 0.15) is 11.2 Å². The van der Waals surface area contributed by atoms with E-state index in [0.29, 0.717) is 24.5 Å². The summed E-state index contributed by atoms with van der Waals surface area (Å²) in [5, 5.41) is 9.57. The fourth-order valence-electron chi connectivity index (χ4n) is 2.38. The summed E-state index contributed by atoms with van der Waals surface area (Å²) < 4.78 is 5.26. The van der Waals surface area contributed by atoms with Crippen molar-refractivity contribution in [2.75, 3.05) is 13.1 Å². The Kier molecular flexibility index (Phi) is 3.04. The molecule has 0 aliphatic carbocycles. The molecule has 0 spiro atoms. The summed E-state index contributed by atoms with van der Waals surface area (Å²) in [5.41, 5.74) is 0.00542. The Hall–Kier alpha value is -2.57. The Morgan fingerprint density at radius 2 is 2.29 bits per heavy atom. The molecule has 0 aromatic carbocycles. The van der Waals surface area contributed by atoms with E-state index in [2.05, 4.69) is 15.5 Å². The standard InChI is InChI=1S/C14H16N4O3/c1-14(2)13(20)15-5-6-18(14)12(19)10-8-9(16-17-10)11-4-3-7-21-11/h3-4,7-8H,5-6H2,1-2H3,(H,15,20)(H,16,17). The average molecular weight is 288 g/mol. The monoisotopic (exact) mass is 288 g/mol. The van der Waals surface area contributed by atoms with Gasteiger partial charge < -0.3 is 14.6 Å². The second-order valence-electron chi connectivity index (χ2n) is 5.42. The number of amides is 2. The van der Waals surface area contributed by atoms with Gasteiger partial charge in [-0.1, -0.05) is 0 Å². The van der Waals surface area contributed by atoms with E-state index in [1.165, 1.54) is 4.90 Å². The maximum atomic E-state index is 12.6. The molecule has 2 aromatic heterocycles. The Morgan fingerprint density at radius 1 is 1.48 bits per heavy atom. The van der Waals surface area contributed by atoms with Gasteiger partial charge in [0.05, 0.1) is 6.26 Å². The Labute approximate surface area is 121 Å². The minimum atomic E-state index is -0.890. The number of aromatic amines is 1. The van der Waals surface area contributed by atoms with Crippen molar-refractivity contribution >= 4 is 11.8 Å². The van der Waals surface area contributed by atoms with Gasteiger partial charge in [0.25, 0.3) is 5.91 Å². The number of carbonyl (C=O) groups is 2.